The predicted octanol–water partition coefficient (Wildman–Crippen LogP) is 2.12. The second-order valence-corrected chi connectivity index (χ2v) is 6.66. The van der Waals surface area contributed by atoms with Gasteiger partial charge in [-0.15, -0.1) is 0 Å². The summed E-state index contributed by atoms with van der Waals surface area (Å²) in [5, 5.41) is 0. The van der Waals surface area contributed by atoms with Crippen LogP contribution in [0.1, 0.15) is 36.4 Å². The Balaban J connectivity index is 1.57. The Labute approximate surface area is 120 Å². The third-order valence-corrected chi connectivity index (χ3v) is 5.51. The van der Waals surface area contributed by atoms with Crippen molar-refractivity contribution in [3.8, 4) is 0 Å². The number of carbonyl (C=O) groups excluding carboxylic acids is 1. The van der Waals surface area contributed by atoms with Crippen LogP contribution in [0.4, 0.5) is 0 Å². The molecule has 20 heavy (non-hydrogen) atoms. The smallest absolute Gasteiger partial charge is 0.226 e. The lowest BCUT2D eigenvalue weighted by atomic mass is 9.90. The van der Waals surface area contributed by atoms with Crippen molar-refractivity contribution in [2.75, 3.05) is 13.1 Å². The van der Waals surface area contributed by atoms with Crippen LogP contribution in [0.15, 0.2) is 24.3 Å². The van der Waals surface area contributed by atoms with Gasteiger partial charge in [-0.25, -0.2) is 0 Å². The minimum Gasteiger partial charge on any atom is -0.334 e. The van der Waals surface area contributed by atoms with E-state index < -0.39 is 0 Å². The molecule has 1 aromatic carbocycles. The molecule has 2 N–H and O–H groups in total. The van der Waals surface area contributed by atoms with Crippen LogP contribution in [0.25, 0.3) is 0 Å². The normalized spacial score (nSPS) is 34.5. The van der Waals surface area contributed by atoms with Gasteiger partial charge in [0, 0.05) is 19.0 Å². The number of rotatable bonds is 2. The first-order valence-corrected chi connectivity index (χ1v) is 7.86. The molecule has 1 amide bonds. The van der Waals surface area contributed by atoms with Gasteiger partial charge in [-0.05, 0) is 48.6 Å². The summed E-state index contributed by atoms with van der Waals surface area (Å²) in [4.78, 5) is 14.9. The van der Waals surface area contributed by atoms with E-state index in [4.69, 9.17) is 5.73 Å². The minimum absolute atomic E-state index is 0.0874. The molecule has 0 saturated heterocycles. The van der Waals surface area contributed by atoms with Crippen molar-refractivity contribution in [3.05, 3.63) is 35.4 Å². The molecule has 106 valence electrons. The van der Waals surface area contributed by atoms with Crippen molar-refractivity contribution < 1.29 is 4.79 Å². The van der Waals surface area contributed by atoms with E-state index in [1.807, 2.05) is 0 Å². The monoisotopic (exact) mass is 270 g/mol. The first kappa shape index (κ1) is 12.4. The number of fused-ring (bicyclic) bond motifs is 2. The third-order valence-electron chi connectivity index (χ3n) is 5.51. The molecule has 0 bridgehead atoms. The molecule has 2 aliphatic carbocycles. The highest BCUT2D eigenvalue weighted by atomic mass is 16.2. The van der Waals surface area contributed by atoms with Crippen LogP contribution in [0.5, 0.6) is 0 Å². The minimum atomic E-state index is 0.0874. The zero-order valence-electron chi connectivity index (χ0n) is 11.8. The molecule has 4 rings (SSSR count). The summed E-state index contributed by atoms with van der Waals surface area (Å²) in [6, 6.07) is 8.53. The highest BCUT2D eigenvalue weighted by Crippen LogP contribution is 2.55. The summed E-state index contributed by atoms with van der Waals surface area (Å²) in [7, 11) is 0. The average molecular weight is 270 g/mol. The zero-order chi connectivity index (χ0) is 13.7. The van der Waals surface area contributed by atoms with E-state index in [1.54, 1.807) is 0 Å². The van der Waals surface area contributed by atoms with Gasteiger partial charge in [0.25, 0.3) is 0 Å². The first-order chi connectivity index (χ1) is 9.78. The first-order valence-electron chi connectivity index (χ1n) is 7.86. The predicted molar refractivity (Wildman–Crippen MR) is 78.0 cm³/mol. The van der Waals surface area contributed by atoms with Gasteiger partial charge < -0.3 is 10.6 Å². The number of benzene rings is 1. The van der Waals surface area contributed by atoms with Gasteiger partial charge >= 0.3 is 0 Å². The molecule has 2 fully saturated rings. The van der Waals surface area contributed by atoms with Gasteiger partial charge in [-0.1, -0.05) is 24.3 Å². The number of nitrogens with two attached hydrogens (primary N) is 1. The van der Waals surface area contributed by atoms with Crippen molar-refractivity contribution in [1.82, 2.24) is 4.90 Å². The molecule has 0 aromatic heterocycles. The van der Waals surface area contributed by atoms with E-state index in [0.717, 1.165) is 37.6 Å². The van der Waals surface area contributed by atoms with Crippen LogP contribution in [0.3, 0.4) is 0 Å². The molecule has 3 nitrogen and oxygen atoms in total. The van der Waals surface area contributed by atoms with Crippen LogP contribution in [-0.4, -0.2) is 23.9 Å². The maximum Gasteiger partial charge on any atom is 0.226 e. The summed E-state index contributed by atoms with van der Waals surface area (Å²) in [6.07, 6.45) is 4.59. The van der Waals surface area contributed by atoms with Crippen LogP contribution in [0.2, 0.25) is 0 Å². The SMILES string of the molecule is NCC1c2ccccc2CCN1C(=O)C1CC2CC2C1. The summed E-state index contributed by atoms with van der Waals surface area (Å²) in [5.74, 6) is 2.36. The summed E-state index contributed by atoms with van der Waals surface area (Å²) in [5.41, 5.74) is 8.61. The molecular weight excluding hydrogens is 248 g/mol. The summed E-state index contributed by atoms with van der Waals surface area (Å²) < 4.78 is 0. The average Bonchev–Trinajstić information content (AvgIpc) is 3.11. The molecule has 3 heteroatoms. The fourth-order valence-electron chi connectivity index (χ4n) is 4.32. The topological polar surface area (TPSA) is 46.3 Å². The van der Waals surface area contributed by atoms with E-state index in [0.29, 0.717) is 12.5 Å². The Bertz CT molecular complexity index is 532. The van der Waals surface area contributed by atoms with Gasteiger partial charge in [0.1, 0.15) is 0 Å². The van der Waals surface area contributed by atoms with Crippen LogP contribution in [-0.2, 0) is 11.2 Å². The van der Waals surface area contributed by atoms with Crippen LogP contribution >= 0.6 is 0 Å². The lowest BCUT2D eigenvalue weighted by molar-refractivity contribution is -0.138. The summed E-state index contributed by atoms with van der Waals surface area (Å²) in [6.45, 7) is 1.37. The van der Waals surface area contributed by atoms with Gasteiger partial charge in [0.15, 0.2) is 0 Å². The molecule has 1 aliphatic heterocycles. The highest BCUT2D eigenvalue weighted by molar-refractivity contribution is 5.80. The van der Waals surface area contributed by atoms with Crippen LogP contribution < -0.4 is 5.73 Å². The fourth-order valence-corrected chi connectivity index (χ4v) is 4.32. The second kappa shape index (κ2) is 4.59. The lowest BCUT2D eigenvalue weighted by Crippen LogP contribution is -2.45. The Morgan fingerprint density at radius 3 is 2.70 bits per heavy atom. The number of carbonyl (C=O) groups is 1. The van der Waals surface area contributed by atoms with E-state index >= 15 is 0 Å². The lowest BCUT2D eigenvalue weighted by Gasteiger charge is -2.38. The molecule has 3 aliphatic rings. The molecule has 3 atom stereocenters. The Kier molecular flexibility index (Phi) is 2.84. The molecular formula is C17H22N2O. The maximum atomic E-state index is 12.8. The van der Waals surface area contributed by atoms with E-state index in [9.17, 15) is 4.79 Å². The zero-order valence-corrected chi connectivity index (χ0v) is 11.8. The second-order valence-electron chi connectivity index (χ2n) is 6.66. The largest absolute Gasteiger partial charge is 0.334 e. The van der Waals surface area contributed by atoms with Crippen molar-refractivity contribution in [3.63, 3.8) is 0 Å². The van der Waals surface area contributed by atoms with E-state index in [1.165, 1.54) is 17.5 Å². The molecule has 1 aromatic rings. The van der Waals surface area contributed by atoms with Crippen molar-refractivity contribution >= 4 is 5.91 Å². The number of hydrogen-bond acceptors (Lipinski definition) is 2. The van der Waals surface area contributed by atoms with Crippen molar-refractivity contribution in [2.24, 2.45) is 23.5 Å². The van der Waals surface area contributed by atoms with Crippen LogP contribution in [0, 0.1) is 17.8 Å². The highest BCUT2D eigenvalue weighted by Gasteiger charge is 2.49. The Hall–Kier alpha value is -1.35. The Morgan fingerprint density at radius 2 is 1.95 bits per heavy atom. The fraction of sp³-hybridized carbons (Fsp3) is 0.588. The van der Waals surface area contributed by atoms with Gasteiger partial charge in [0.05, 0.1) is 6.04 Å². The number of nitrogens with zero attached hydrogens (tertiary/aromatic N) is 1. The number of hydrogen-bond donors (Lipinski definition) is 1. The molecule has 2 saturated carbocycles. The summed E-state index contributed by atoms with van der Waals surface area (Å²) >= 11 is 0. The van der Waals surface area contributed by atoms with Crippen molar-refractivity contribution in [1.29, 1.82) is 0 Å². The van der Waals surface area contributed by atoms with Crippen molar-refractivity contribution in [2.45, 2.75) is 31.7 Å². The molecule has 0 spiro atoms. The maximum absolute atomic E-state index is 12.8. The quantitative estimate of drug-likeness (QED) is 0.894. The van der Waals surface area contributed by atoms with E-state index in [-0.39, 0.29) is 12.0 Å². The van der Waals surface area contributed by atoms with Gasteiger partial charge in [0.2, 0.25) is 5.91 Å². The van der Waals surface area contributed by atoms with Gasteiger partial charge in [-0.2, -0.15) is 0 Å². The van der Waals surface area contributed by atoms with E-state index in [2.05, 4.69) is 29.2 Å². The standard InChI is InChI=1S/C17H22N2O/c18-10-16-15-4-2-1-3-11(15)5-6-19(16)17(20)14-8-12-7-13(12)9-14/h1-4,12-14,16H,5-10,18H2. The molecule has 3 unspecified atom stereocenters. The number of amides is 1. The van der Waals surface area contributed by atoms with Gasteiger partial charge in [-0.3, -0.25) is 4.79 Å². The molecule has 0 radical (unpaired) electrons. The third kappa shape index (κ3) is 1.87. The Morgan fingerprint density at radius 1 is 1.20 bits per heavy atom. The molecule has 1 heterocycles.